The van der Waals surface area contributed by atoms with Gasteiger partial charge in [-0.3, -0.25) is 14.6 Å². The number of hydrogen-bond acceptors (Lipinski definition) is 3. The van der Waals surface area contributed by atoms with E-state index in [1.807, 2.05) is 0 Å². The fourth-order valence-electron chi connectivity index (χ4n) is 1.46. The number of Topliss-reactive ketones (excluding diaryl/α,β-unsaturated/α-hetero) is 1. The SMILES string of the molecule is O=C(O)C(C=NC1CC1)C(=O)c1ccccc1. The van der Waals surface area contributed by atoms with E-state index >= 15 is 0 Å². The zero-order chi connectivity index (χ0) is 12.3. The predicted octanol–water partition coefficient (Wildman–Crippen LogP) is 1.80. The zero-order valence-corrected chi connectivity index (χ0v) is 9.24. The van der Waals surface area contributed by atoms with Crippen LogP contribution >= 0.6 is 0 Å². The highest BCUT2D eigenvalue weighted by molar-refractivity contribution is 6.18. The van der Waals surface area contributed by atoms with Crippen LogP contribution in [0.3, 0.4) is 0 Å². The summed E-state index contributed by atoms with van der Waals surface area (Å²) < 4.78 is 0. The molecule has 1 aliphatic rings. The van der Waals surface area contributed by atoms with Crippen molar-refractivity contribution in [2.24, 2.45) is 10.9 Å². The molecule has 4 nitrogen and oxygen atoms in total. The van der Waals surface area contributed by atoms with Crippen molar-refractivity contribution in [3.05, 3.63) is 35.9 Å². The molecule has 1 aromatic rings. The van der Waals surface area contributed by atoms with Gasteiger partial charge in [0.25, 0.3) is 0 Å². The van der Waals surface area contributed by atoms with Crippen molar-refractivity contribution in [2.45, 2.75) is 18.9 Å². The van der Waals surface area contributed by atoms with Crippen molar-refractivity contribution in [1.82, 2.24) is 0 Å². The third-order valence-corrected chi connectivity index (χ3v) is 2.60. The standard InChI is InChI=1S/C13H13NO3/c15-12(9-4-2-1-3-5-9)11(13(16)17)8-14-10-6-7-10/h1-5,8,10-11H,6-7H2,(H,16,17). The smallest absolute Gasteiger partial charge is 0.319 e. The van der Waals surface area contributed by atoms with E-state index in [4.69, 9.17) is 5.11 Å². The van der Waals surface area contributed by atoms with Gasteiger partial charge in [-0.05, 0) is 12.8 Å². The average Bonchev–Trinajstić information content (AvgIpc) is 3.14. The summed E-state index contributed by atoms with van der Waals surface area (Å²) in [6.45, 7) is 0. The fourth-order valence-corrected chi connectivity index (χ4v) is 1.46. The highest BCUT2D eigenvalue weighted by Gasteiger charge is 2.27. The van der Waals surface area contributed by atoms with Crippen molar-refractivity contribution in [1.29, 1.82) is 0 Å². The van der Waals surface area contributed by atoms with Crippen LogP contribution < -0.4 is 0 Å². The van der Waals surface area contributed by atoms with Crippen LogP contribution in [0.1, 0.15) is 23.2 Å². The van der Waals surface area contributed by atoms with Crippen LogP contribution in [0.15, 0.2) is 35.3 Å². The van der Waals surface area contributed by atoms with E-state index in [2.05, 4.69) is 4.99 Å². The van der Waals surface area contributed by atoms with Gasteiger partial charge in [-0.15, -0.1) is 0 Å². The Balaban J connectivity index is 2.15. The summed E-state index contributed by atoms with van der Waals surface area (Å²) in [5.41, 5.74) is 0.405. The second kappa shape index (κ2) is 4.91. The summed E-state index contributed by atoms with van der Waals surface area (Å²) in [6.07, 6.45) is 3.25. The lowest BCUT2D eigenvalue weighted by Crippen LogP contribution is -2.25. The maximum Gasteiger partial charge on any atom is 0.319 e. The Kier molecular flexibility index (Phi) is 3.32. The maximum atomic E-state index is 11.9. The van der Waals surface area contributed by atoms with E-state index in [0.717, 1.165) is 12.8 Å². The molecule has 0 aromatic heterocycles. The molecule has 1 atom stereocenters. The van der Waals surface area contributed by atoms with E-state index in [1.54, 1.807) is 30.3 Å². The summed E-state index contributed by atoms with van der Waals surface area (Å²) in [5.74, 6) is -2.73. The van der Waals surface area contributed by atoms with Crippen molar-refractivity contribution in [3.8, 4) is 0 Å². The van der Waals surface area contributed by atoms with Crippen molar-refractivity contribution < 1.29 is 14.7 Å². The van der Waals surface area contributed by atoms with E-state index in [0.29, 0.717) is 5.56 Å². The molecule has 1 N–H and O–H groups in total. The van der Waals surface area contributed by atoms with Crippen LogP contribution in [0.2, 0.25) is 0 Å². The largest absolute Gasteiger partial charge is 0.480 e. The Morgan fingerprint density at radius 1 is 1.29 bits per heavy atom. The molecule has 1 fully saturated rings. The molecule has 0 radical (unpaired) electrons. The van der Waals surface area contributed by atoms with Crippen LogP contribution in [0.5, 0.6) is 0 Å². The van der Waals surface area contributed by atoms with Gasteiger partial charge in [0.15, 0.2) is 11.7 Å². The molecular formula is C13H13NO3. The number of carbonyl (C=O) groups is 2. The maximum absolute atomic E-state index is 11.9. The predicted molar refractivity (Wildman–Crippen MR) is 63.4 cm³/mol. The van der Waals surface area contributed by atoms with Crippen molar-refractivity contribution >= 4 is 18.0 Å². The number of carboxylic acid groups (broad SMARTS) is 1. The molecule has 2 rings (SSSR count). The molecule has 0 saturated heterocycles. The van der Waals surface area contributed by atoms with Crippen molar-refractivity contribution in [3.63, 3.8) is 0 Å². The van der Waals surface area contributed by atoms with Crippen LogP contribution in [0.25, 0.3) is 0 Å². The van der Waals surface area contributed by atoms with Crippen molar-refractivity contribution in [2.75, 3.05) is 0 Å². The van der Waals surface area contributed by atoms with Crippen LogP contribution in [-0.2, 0) is 4.79 Å². The average molecular weight is 231 g/mol. The first-order valence-electron chi connectivity index (χ1n) is 5.54. The molecule has 1 saturated carbocycles. The van der Waals surface area contributed by atoms with E-state index in [-0.39, 0.29) is 6.04 Å². The summed E-state index contributed by atoms with van der Waals surface area (Å²) in [7, 11) is 0. The molecule has 0 bridgehead atoms. The summed E-state index contributed by atoms with van der Waals surface area (Å²) >= 11 is 0. The number of carbonyl (C=O) groups excluding carboxylic acids is 1. The van der Waals surface area contributed by atoms with Gasteiger partial charge in [0.2, 0.25) is 0 Å². The molecule has 88 valence electrons. The van der Waals surface area contributed by atoms with Gasteiger partial charge in [0, 0.05) is 17.8 Å². The third kappa shape index (κ3) is 3.00. The molecule has 1 aliphatic carbocycles. The third-order valence-electron chi connectivity index (χ3n) is 2.60. The number of aliphatic carboxylic acids is 1. The summed E-state index contributed by atoms with van der Waals surface area (Å²) in [4.78, 5) is 27.1. The number of hydrogen-bond donors (Lipinski definition) is 1. The van der Waals surface area contributed by atoms with Gasteiger partial charge in [-0.1, -0.05) is 30.3 Å². The molecule has 1 unspecified atom stereocenters. The van der Waals surface area contributed by atoms with Gasteiger partial charge in [-0.2, -0.15) is 0 Å². The molecule has 4 heteroatoms. The first-order chi connectivity index (χ1) is 8.18. The van der Waals surface area contributed by atoms with Gasteiger partial charge >= 0.3 is 5.97 Å². The monoisotopic (exact) mass is 231 g/mol. The number of carboxylic acids is 1. The Morgan fingerprint density at radius 2 is 1.94 bits per heavy atom. The Labute approximate surface area is 99.0 Å². The highest BCUT2D eigenvalue weighted by Crippen LogP contribution is 2.23. The second-order valence-electron chi connectivity index (χ2n) is 4.08. The quantitative estimate of drug-likeness (QED) is 0.477. The van der Waals surface area contributed by atoms with Crippen LogP contribution in [0, 0.1) is 5.92 Å². The Morgan fingerprint density at radius 3 is 2.47 bits per heavy atom. The lowest BCUT2D eigenvalue weighted by atomic mass is 9.99. The minimum atomic E-state index is -1.17. The molecule has 17 heavy (non-hydrogen) atoms. The van der Waals surface area contributed by atoms with Crippen LogP contribution in [-0.4, -0.2) is 29.1 Å². The summed E-state index contributed by atoms with van der Waals surface area (Å²) in [6, 6.07) is 8.66. The van der Waals surface area contributed by atoms with Gasteiger partial charge < -0.3 is 5.11 Å². The Hall–Kier alpha value is -1.97. The normalized spacial score (nSPS) is 16.9. The van der Waals surface area contributed by atoms with Gasteiger partial charge in [0.1, 0.15) is 0 Å². The Bertz CT molecular complexity index is 449. The second-order valence-corrected chi connectivity index (χ2v) is 4.08. The fraction of sp³-hybridized carbons (Fsp3) is 0.308. The number of rotatable bonds is 5. The van der Waals surface area contributed by atoms with E-state index in [1.165, 1.54) is 6.21 Å². The lowest BCUT2D eigenvalue weighted by molar-refractivity contribution is -0.137. The number of aliphatic imine (C=N–C) groups is 1. The molecule has 0 heterocycles. The highest BCUT2D eigenvalue weighted by atomic mass is 16.4. The minimum Gasteiger partial charge on any atom is -0.480 e. The zero-order valence-electron chi connectivity index (χ0n) is 9.24. The first-order valence-corrected chi connectivity index (χ1v) is 5.54. The molecular weight excluding hydrogens is 218 g/mol. The topological polar surface area (TPSA) is 66.7 Å². The van der Waals surface area contributed by atoms with Gasteiger partial charge in [-0.25, -0.2) is 0 Å². The number of benzene rings is 1. The number of nitrogens with zero attached hydrogens (tertiary/aromatic N) is 1. The lowest BCUT2D eigenvalue weighted by Gasteiger charge is -2.05. The number of ketones is 1. The summed E-state index contributed by atoms with van der Waals surface area (Å²) in [5, 5.41) is 9.03. The molecule has 1 aromatic carbocycles. The van der Waals surface area contributed by atoms with E-state index < -0.39 is 17.7 Å². The van der Waals surface area contributed by atoms with Crippen LogP contribution in [0.4, 0.5) is 0 Å². The molecule has 0 spiro atoms. The molecule has 0 amide bonds. The first kappa shape index (κ1) is 11.5. The van der Waals surface area contributed by atoms with Gasteiger partial charge in [0.05, 0.1) is 0 Å². The van der Waals surface area contributed by atoms with E-state index in [9.17, 15) is 9.59 Å². The molecule has 0 aliphatic heterocycles. The minimum absolute atomic E-state index is 0.223.